The fraction of sp³-hybridized carbons (Fsp3) is 0.571. The average molecular weight is 404 g/mol. The van der Waals surface area contributed by atoms with Gasteiger partial charge in [0.2, 0.25) is 12.2 Å². The molecule has 3 unspecified atom stereocenters. The first-order valence-electron chi connectivity index (χ1n) is 10.2. The minimum absolute atomic E-state index is 0.0632. The van der Waals surface area contributed by atoms with Gasteiger partial charge in [0, 0.05) is 6.54 Å². The second kappa shape index (κ2) is 10.2. The summed E-state index contributed by atoms with van der Waals surface area (Å²) in [5.74, 6) is -0.714. The van der Waals surface area contributed by atoms with Crippen LogP contribution < -0.4 is 5.32 Å². The van der Waals surface area contributed by atoms with Gasteiger partial charge in [-0.15, -0.1) is 0 Å². The van der Waals surface area contributed by atoms with Gasteiger partial charge in [-0.05, 0) is 24.8 Å². The van der Waals surface area contributed by atoms with Crippen molar-refractivity contribution in [2.75, 3.05) is 13.2 Å². The summed E-state index contributed by atoms with van der Waals surface area (Å²) in [5, 5.41) is 2.83. The van der Waals surface area contributed by atoms with Gasteiger partial charge >= 0.3 is 12.1 Å². The van der Waals surface area contributed by atoms with Crippen molar-refractivity contribution in [2.45, 2.75) is 64.0 Å². The Hall–Kier alpha value is -2.61. The molecule has 0 spiro atoms. The second-order valence-corrected chi connectivity index (χ2v) is 7.29. The average Bonchev–Trinajstić information content (AvgIpc) is 3.34. The number of nitrogens with one attached hydrogen (secondary N) is 1. The molecular weight excluding hydrogens is 376 g/mol. The Balaban J connectivity index is 1.53. The molecule has 29 heavy (non-hydrogen) atoms. The maximum absolute atomic E-state index is 12.8. The van der Waals surface area contributed by atoms with E-state index >= 15 is 0 Å². The second-order valence-electron chi connectivity index (χ2n) is 7.29. The number of rotatable bonds is 8. The number of carbonyl (C=O) groups is 3. The van der Waals surface area contributed by atoms with E-state index in [1.54, 1.807) is 0 Å². The summed E-state index contributed by atoms with van der Waals surface area (Å²) in [7, 11) is 0. The van der Waals surface area contributed by atoms with E-state index in [9.17, 15) is 14.4 Å². The monoisotopic (exact) mass is 404 g/mol. The molecular formula is C21H28N2O6. The molecule has 0 saturated carbocycles. The van der Waals surface area contributed by atoms with Gasteiger partial charge in [0.05, 0.1) is 13.0 Å². The topological polar surface area (TPSA) is 94.2 Å². The highest BCUT2D eigenvalue weighted by Gasteiger charge is 2.41. The van der Waals surface area contributed by atoms with Crippen molar-refractivity contribution in [1.29, 1.82) is 0 Å². The first kappa shape index (κ1) is 21.1. The van der Waals surface area contributed by atoms with Crippen LogP contribution in [-0.4, -0.2) is 54.4 Å². The minimum Gasteiger partial charge on any atom is -0.445 e. The third-order valence-electron chi connectivity index (χ3n) is 5.07. The van der Waals surface area contributed by atoms with Gasteiger partial charge in [0.25, 0.3) is 0 Å². The van der Waals surface area contributed by atoms with Gasteiger partial charge in [0.1, 0.15) is 18.7 Å². The van der Waals surface area contributed by atoms with E-state index in [2.05, 4.69) is 5.32 Å². The molecule has 2 saturated heterocycles. The number of cyclic esters (lactones) is 1. The van der Waals surface area contributed by atoms with Gasteiger partial charge in [-0.1, -0.05) is 43.7 Å². The Kier molecular flexibility index (Phi) is 7.46. The number of esters is 1. The molecule has 0 aromatic heterocycles. The van der Waals surface area contributed by atoms with Crippen molar-refractivity contribution in [3.63, 3.8) is 0 Å². The van der Waals surface area contributed by atoms with Crippen molar-refractivity contribution in [2.24, 2.45) is 0 Å². The van der Waals surface area contributed by atoms with Crippen LogP contribution in [0.1, 0.15) is 44.6 Å². The highest BCUT2D eigenvalue weighted by atomic mass is 16.7. The predicted octanol–water partition coefficient (Wildman–Crippen LogP) is 2.36. The van der Waals surface area contributed by atoms with Crippen LogP contribution in [0.4, 0.5) is 4.79 Å². The van der Waals surface area contributed by atoms with Crippen LogP contribution in [0.3, 0.4) is 0 Å². The first-order chi connectivity index (χ1) is 14.1. The molecule has 0 bridgehead atoms. The van der Waals surface area contributed by atoms with Crippen LogP contribution in [0.15, 0.2) is 30.3 Å². The summed E-state index contributed by atoms with van der Waals surface area (Å²) < 4.78 is 16.1. The standard InChI is InChI=1S/C21H28N2O6/c1-2-3-12-27-20-16(13-18(24)29-20)22-19(25)17-10-7-11-23(17)21(26)28-14-15-8-5-4-6-9-15/h4-6,8-9,16-17,20H,2-3,7,10-14H2,1H3,(H,22,25). The molecule has 2 amide bonds. The van der Waals surface area contributed by atoms with Gasteiger partial charge in [-0.2, -0.15) is 0 Å². The van der Waals surface area contributed by atoms with E-state index in [-0.39, 0.29) is 18.9 Å². The molecule has 3 atom stereocenters. The summed E-state index contributed by atoms with van der Waals surface area (Å²) in [5.41, 5.74) is 0.884. The lowest BCUT2D eigenvalue weighted by Crippen LogP contribution is -2.51. The van der Waals surface area contributed by atoms with Crippen molar-refractivity contribution in [3.8, 4) is 0 Å². The highest BCUT2D eigenvalue weighted by molar-refractivity contribution is 5.87. The summed E-state index contributed by atoms with van der Waals surface area (Å²) >= 11 is 0. The van der Waals surface area contributed by atoms with E-state index in [0.717, 1.165) is 24.8 Å². The molecule has 1 N–H and O–H groups in total. The minimum atomic E-state index is -0.780. The summed E-state index contributed by atoms with van der Waals surface area (Å²) in [6.07, 6.45) is 1.84. The molecule has 1 aromatic rings. The lowest BCUT2D eigenvalue weighted by molar-refractivity contribution is -0.165. The number of nitrogens with zero attached hydrogens (tertiary/aromatic N) is 1. The molecule has 0 aliphatic carbocycles. The molecule has 3 rings (SSSR count). The van der Waals surface area contributed by atoms with Crippen molar-refractivity contribution in [1.82, 2.24) is 10.2 Å². The van der Waals surface area contributed by atoms with Crippen LogP contribution in [0.5, 0.6) is 0 Å². The van der Waals surface area contributed by atoms with Crippen LogP contribution in [0.25, 0.3) is 0 Å². The Morgan fingerprint density at radius 2 is 2.07 bits per heavy atom. The Morgan fingerprint density at radius 1 is 1.28 bits per heavy atom. The largest absolute Gasteiger partial charge is 0.445 e. The Morgan fingerprint density at radius 3 is 2.83 bits per heavy atom. The predicted molar refractivity (Wildman–Crippen MR) is 104 cm³/mol. The Bertz CT molecular complexity index is 710. The summed E-state index contributed by atoms with van der Waals surface area (Å²) in [4.78, 5) is 38.4. The quantitative estimate of drug-likeness (QED) is 0.528. The number of hydrogen-bond acceptors (Lipinski definition) is 6. The normalized spacial score (nSPS) is 23.7. The van der Waals surface area contributed by atoms with Crippen molar-refractivity contribution in [3.05, 3.63) is 35.9 Å². The molecule has 2 aliphatic rings. The molecule has 158 valence electrons. The number of likely N-dealkylation sites (tertiary alicyclic amines) is 1. The highest BCUT2D eigenvalue weighted by Crippen LogP contribution is 2.22. The number of unbranched alkanes of at least 4 members (excludes halogenated alkanes) is 1. The third-order valence-corrected chi connectivity index (χ3v) is 5.07. The van der Waals surface area contributed by atoms with Crippen LogP contribution in [0.2, 0.25) is 0 Å². The zero-order valence-electron chi connectivity index (χ0n) is 16.7. The summed E-state index contributed by atoms with van der Waals surface area (Å²) in [6, 6.07) is 8.22. The van der Waals surface area contributed by atoms with Crippen molar-refractivity contribution < 1.29 is 28.6 Å². The summed E-state index contributed by atoms with van der Waals surface area (Å²) in [6.45, 7) is 3.11. The van der Waals surface area contributed by atoms with Crippen LogP contribution in [0, 0.1) is 0 Å². The molecule has 2 aliphatic heterocycles. The van der Waals surface area contributed by atoms with E-state index in [0.29, 0.717) is 19.6 Å². The molecule has 8 heteroatoms. The molecule has 8 nitrogen and oxygen atoms in total. The number of benzene rings is 1. The third kappa shape index (κ3) is 5.69. The van der Waals surface area contributed by atoms with Crippen molar-refractivity contribution >= 4 is 18.0 Å². The lowest BCUT2D eigenvalue weighted by atomic mass is 10.1. The zero-order chi connectivity index (χ0) is 20.6. The number of amides is 2. The van der Waals surface area contributed by atoms with Gasteiger partial charge in [-0.25, -0.2) is 4.79 Å². The van der Waals surface area contributed by atoms with E-state index in [1.807, 2.05) is 37.3 Å². The SMILES string of the molecule is CCCCOC1OC(=O)CC1NC(=O)C1CCCN1C(=O)OCc1ccccc1. The van der Waals surface area contributed by atoms with Gasteiger partial charge in [0.15, 0.2) is 0 Å². The maximum Gasteiger partial charge on any atom is 0.410 e. The van der Waals surface area contributed by atoms with Crippen LogP contribution >= 0.6 is 0 Å². The van der Waals surface area contributed by atoms with Gasteiger partial charge < -0.3 is 19.5 Å². The Labute approximate surface area is 170 Å². The first-order valence-corrected chi connectivity index (χ1v) is 10.2. The number of carbonyl (C=O) groups excluding carboxylic acids is 3. The lowest BCUT2D eigenvalue weighted by Gasteiger charge is -2.26. The molecule has 1 aromatic carbocycles. The fourth-order valence-electron chi connectivity index (χ4n) is 3.49. The van der Waals surface area contributed by atoms with Gasteiger partial charge in [-0.3, -0.25) is 14.5 Å². The smallest absolute Gasteiger partial charge is 0.410 e. The fourth-order valence-corrected chi connectivity index (χ4v) is 3.49. The number of hydrogen-bond donors (Lipinski definition) is 1. The van der Waals surface area contributed by atoms with E-state index in [4.69, 9.17) is 14.2 Å². The maximum atomic E-state index is 12.8. The zero-order valence-corrected chi connectivity index (χ0v) is 16.7. The van der Waals surface area contributed by atoms with Crippen LogP contribution in [-0.2, 0) is 30.4 Å². The van der Waals surface area contributed by atoms with E-state index < -0.39 is 30.4 Å². The molecule has 2 fully saturated rings. The molecule has 2 heterocycles. The number of ether oxygens (including phenoxy) is 3. The molecule has 0 radical (unpaired) electrons. The van der Waals surface area contributed by atoms with E-state index in [1.165, 1.54) is 4.90 Å².